The Morgan fingerprint density at radius 1 is 0.935 bits per heavy atom. The molecule has 31 heavy (non-hydrogen) atoms. The zero-order chi connectivity index (χ0) is 21.5. The zero-order valence-corrected chi connectivity index (χ0v) is 18.1. The lowest BCUT2D eigenvalue weighted by atomic mass is 9.95. The Balaban J connectivity index is 1.47. The van der Waals surface area contributed by atoms with E-state index in [4.69, 9.17) is 0 Å². The first-order valence-electron chi connectivity index (χ1n) is 11.3. The van der Waals surface area contributed by atoms with Crippen LogP contribution in [0.15, 0.2) is 66.7 Å². The summed E-state index contributed by atoms with van der Waals surface area (Å²) in [6.45, 7) is 4.14. The molecule has 1 atom stereocenters. The molecule has 3 aromatic rings. The summed E-state index contributed by atoms with van der Waals surface area (Å²) in [5, 5.41) is 12.0. The van der Waals surface area contributed by atoms with Gasteiger partial charge < -0.3 is 10.2 Å². The lowest BCUT2D eigenvalue weighted by Gasteiger charge is -2.20. The standard InChI is InChI=1S/C26H30N4O/c1-2-23(20-11-6-5-7-12-20)26(31)27-22-14-10-13-21(19-22)24-15-16-25(29-28-24)30-17-8-3-4-9-18-30/h5-7,10-16,19,23H,2-4,8-9,17-18H2,1H3,(H,27,31). The minimum absolute atomic E-state index is 0.00782. The average Bonchev–Trinajstić information content (AvgIpc) is 3.10. The molecule has 1 N–H and O–H groups in total. The normalized spacial score (nSPS) is 15.2. The van der Waals surface area contributed by atoms with Crippen molar-refractivity contribution in [1.29, 1.82) is 0 Å². The number of aromatic nitrogens is 2. The van der Waals surface area contributed by atoms with E-state index in [2.05, 4.69) is 26.5 Å². The van der Waals surface area contributed by atoms with Crippen molar-refractivity contribution in [3.05, 3.63) is 72.3 Å². The molecule has 4 rings (SSSR count). The summed E-state index contributed by atoms with van der Waals surface area (Å²) in [6.07, 6.45) is 5.77. The molecule has 0 radical (unpaired) electrons. The zero-order valence-electron chi connectivity index (χ0n) is 18.1. The highest BCUT2D eigenvalue weighted by Gasteiger charge is 2.19. The van der Waals surface area contributed by atoms with Gasteiger partial charge in [0.15, 0.2) is 5.82 Å². The van der Waals surface area contributed by atoms with E-state index < -0.39 is 0 Å². The van der Waals surface area contributed by atoms with E-state index in [1.807, 2.05) is 67.6 Å². The number of amides is 1. The minimum Gasteiger partial charge on any atom is -0.355 e. The Bertz CT molecular complexity index is 980. The Labute approximate surface area is 184 Å². The van der Waals surface area contributed by atoms with E-state index in [9.17, 15) is 4.79 Å². The third-order valence-electron chi connectivity index (χ3n) is 5.93. The molecule has 1 unspecified atom stereocenters. The molecule has 5 heteroatoms. The van der Waals surface area contributed by atoms with Crippen molar-refractivity contribution in [2.75, 3.05) is 23.3 Å². The van der Waals surface area contributed by atoms with Gasteiger partial charge in [0.2, 0.25) is 5.91 Å². The fraction of sp³-hybridized carbons (Fsp3) is 0.346. The van der Waals surface area contributed by atoms with Crippen LogP contribution in [0.5, 0.6) is 0 Å². The summed E-state index contributed by atoms with van der Waals surface area (Å²) >= 11 is 0. The van der Waals surface area contributed by atoms with Gasteiger partial charge in [-0.25, -0.2) is 0 Å². The molecule has 1 aliphatic heterocycles. The molecule has 5 nitrogen and oxygen atoms in total. The lowest BCUT2D eigenvalue weighted by molar-refractivity contribution is -0.117. The number of rotatable bonds is 6. The van der Waals surface area contributed by atoms with Crippen LogP contribution in [0.1, 0.15) is 50.5 Å². The Morgan fingerprint density at radius 3 is 2.39 bits per heavy atom. The summed E-state index contributed by atoms with van der Waals surface area (Å²) in [5.41, 5.74) is 3.56. The summed E-state index contributed by atoms with van der Waals surface area (Å²) in [5.74, 6) is 0.787. The maximum atomic E-state index is 12.9. The molecular weight excluding hydrogens is 384 g/mol. The number of benzene rings is 2. The van der Waals surface area contributed by atoms with Gasteiger partial charge >= 0.3 is 0 Å². The third-order valence-corrected chi connectivity index (χ3v) is 5.93. The van der Waals surface area contributed by atoms with Crippen LogP contribution in [-0.4, -0.2) is 29.2 Å². The van der Waals surface area contributed by atoms with E-state index in [0.717, 1.165) is 47.8 Å². The monoisotopic (exact) mass is 414 g/mol. The average molecular weight is 415 g/mol. The number of carbonyl (C=O) groups excluding carboxylic acids is 1. The predicted molar refractivity (Wildman–Crippen MR) is 126 cm³/mol. The summed E-state index contributed by atoms with van der Waals surface area (Å²) < 4.78 is 0. The van der Waals surface area contributed by atoms with Crippen LogP contribution in [0.25, 0.3) is 11.3 Å². The van der Waals surface area contributed by atoms with Gasteiger partial charge in [-0.2, -0.15) is 0 Å². The van der Waals surface area contributed by atoms with Crippen LogP contribution in [-0.2, 0) is 4.79 Å². The van der Waals surface area contributed by atoms with Crippen LogP contribution in [0.2, 0.25) is 0 Å². The van der Waals surface area contributed by atoms with E-state index in [-0.39, 0.29) is 11.8 Å². The molecule has 2 heterocycles. The maximum absolute atomic E-state index is 12.9. The fourth-order valence-corrected chi connectivity index (χ4v) is 4.19. The molecular formula is C26H30N4O. The van der Waals surface area contributed by atoms with E-state index in [1.54, 1.807) is 0 Å². The first-order valence-corrected chi connectivity index (χ1v) is 11.3. The smallest absolute Gasteiger partial charge is 0.231 e. The van der Waals surface area contributed by atoms with Crippen LogP contribution in [0.4, 0.5) is 11.5 Å². The van der Waals surface area contributed by atoms with Gasteiger partial charge in [-0.05, 0) is 49.1 Å². The first kappa shape index (κ1) is 21.0. The van der Waals surface area contributed by atoms with Gasteiger partial charge in [-0.3, -0.25) is 4.79 Å². The van der Waals surface area contributed by atoms with Crippen molar-refractivity contribution in [1.82, 2.24) is 10.2 Å². The van der Waals surface area contributed by atoms with Crippen molar-refractivity contribution in [2.24, 2.45) is 0 Å². The predicted octanol–water partition coefficient (Wildman–Crippen LogP) is 5.66. The largest absolute Gasteiger partial charge is 0.355 e. The van der Waals surface area contributed by atoms with E-state index >= 15 is 0 Å². The number of carbonyl (C=O) groups is 1. The third kappa shape index (κ3) is 5.29. The number of hydrogen-bond donors (Lipinski definition) is 1. The van der Waals surface area contributed by atoms with Crippen molar-refractivity contribution in [3.8, 4) is 11.3 Å². The molecule has 1 saturated heterocycles. The molecule has 0 saturated carbocycles. The maximum Gasteiger partial charge on any atom is 0.231 e. The topological polar surface area (TPSA) is 58.1 Å². The highest BCUT2D eigenvalue weighted by atomic mass is 16.1. The number of hydrogen-bond acceptors (Lipinski definition) is 4. The fourth-order valence-electron chi connectivity index (χ4n) is 4.19. The number of anilines is 2. The van der Waals surface area contributed by atoms with E-state index in [1.165, 1.54) is 25.7 Å². The van der Waals surface area contributed by atoms with Crippen molar-refractivity contribution >= 4 is 17.4 Å². The molecule has 2 aromatic carbocycles. The molecule has 0 spiro atoms. The SMILES string of the molecule is CCC(C(=O)Nc1cccc(-c2ccc(N3CCCCCC3)nn2)c1)c1ccccc1. The molecule has 160 valence electrons. The van der Waals surface area contributed by atoms with Gasteiger partial charge in [-0.1, -0.05) is 62.2 Å². The Hall–Kier alpha value is -3.21. The van der Waals surface area contributed by atoms with Gasteiger partial charge in [0.05, 0.1) is 11.6 Å². The number of nitrogens with one attached hydrogen (secondary N) is 1. The lowest BCUT2D eigenvalue weighted by Crippen LogP contribution is -2.25. The second-order valence-electron chi connectivity index (χ2n) is 8.12. The summed E-state index contributed by atoms with van der Waals surface area (Å²) in [6, 6.07) is 21.8. The molecule has 0 bridgehead atoms. The Morgan fingerprint density at radius 2 is 1.71 bits per heavy atom. The Kier molecular flexibility index (Phi) is 6.92. The van der Waals surface area contributed by atoms with Crippen LogP contribution in [0.3, 0.4) is 0 Å². The van der Waals surface area contributed by atoms with Gasteiger partial charge in [0.25, 0.3) is 0 Å². The quantitative estimate of drug-likeness (QED) is 0.566. The second-order valence-corrected chi connectivity index (χ2v) is 8.12. The van der Waals surface area contributed by atoms with Crippen LogP contribution < -0.4 is 10.2 Å². The highest BCUT2D eigenvalue weighted by molar-refractivity contribution is 5.96. The van der Waals surface area contributed by atoms with Crippen LogP contribution in [0, 0.1) is 0 Å². The van der Waals surface area contributed by atoms with Crippen molar-refractivity contribution in [2.45, 2.75) is 44.9 Å². The molecule has 1 aliphatic rings. The van der Waals surface area contributed by atoms with E-state index in [0.29, 0.717) is 0 Å². The minimum atomic E-state index is -0.169. The molecule has 0 aliphatic carbocycles. The summed E-state index contributed by atoms with van der Waals surface area (Å²) in [7, 11) is 0. The highest BCUT2D eigenvalue weighted by Crippen LogP contribution is 2.25. The second kappa shape index (κ2) is 10.2. The molecule has 1 amide bonds. The van der Waals surface area contributed by atoms with Gasteiger partial charge in [0.1, 0.15) is 0 Å². The van der Waals surface area contributed by atoms with Crippen molar-refractivity contribution < 1.29 is 4.79 Å². The van der Waals surface area contributed by atoms with Gasteiger partial charge in [0, 0.05) is 24.3 Å². The van der Waals surface area contributed by atoms with Crippen LogP contribution >= 0.6 is 0 Å². The summed E-state index contributed by atoms with van der Waals surface area (Å²) in [4.78, 5) is 15.2. The first-order chi connectivity index (χ1) is 15.2. The van der Waals surface area contributed by atoms with Gasteiger partial charge in [-0.15, -0.1) is 10.2 Å². The van der Waals surface area contributed by atoms with Crippen molar-refractivity contribution in [3.63, 3.8) is 0 Å². The molecule has 1 aromatic heterocycles. The number of nitrogens with zero attached hydrogens (tertiary/aromatic N) is 3. The molecule has 1 fully saturated rings.